The maximum Gasteiger partial charge on any atom is 0.338 e. The predicted octanol–water partition coefficient (Wildman–Crippen LogP) is 5.07. The number of nitrogens with zero attached hydrogens (tertiary/aromatic N) is 1. The molecule has 3 aromatic rings. The number of aryl methyl sites for hydroxylation is 1. The maximum atomic E-state index is 12.6. The van der Waals surface area contributed by atoms with E-state index in [0.717, 1.165) is 31.5 Å². The van der Waals surface area contributed by atoms with Gasteiger partial charge in [-0.05, 0) is 67.3 Å². The van der Waals surface area contributed by atoms with Crippen molar-refractivity contribution in [2.24, 2.45) is 0 Å². The molecule has 1 aliphatic rings. The number of ether oxygens (including phenoxy) is 1. The van der Waals surface area contributed by atoms with Crippen molar-refractivity contribution in [2.45, 2.75) is 26.3 Å². The number of anilines is 2. The SMILES string of the molecule is CCOC(=O)c1cccc(NC(=O)c2ccc(CN3CCCc4ccccc43)cc2)c1. The molecule has 1 amide bonds. The first kappa shape index (κ1) is 20.7. The van der Waals surface area contributed by atoms with Gasteiger partial charge >= 0.3 is 5.97 Å². The molecule has 4 rings (SSSR count). The van der Waals surface area contributed by atoms with Gasteiger partial charge in [-0.2, -0.15) is 0 Å². The van der Waals surface area contributed by atoms with Crippen molar-refractivity contribution in [3.8, 4) is 0 Å². The molecule has 0 spiro atoms. The third-order valence-corrected chi connectivity index (χ3v) is 5.43. The van der Waals surface area contributed by atoms with Gasteiger partial charge in [0.05, 0.1) is 12.2 Å². The molecule has 0 radical (unpaired) electrons. The van der Waals surface area contributed by atoms with Crippen LogP contribution in [0.5, 0.6) is 0 Å². The number of hydrogen-bond donors (Lipinski definition) is 1. The lowest BCUT2D eigenvalue weighted by Gasteiger charge is -2.31. The highest BCUT2D eigenvalue weighted by molar-refractivity contribution is 6.04. The van der Waals surface area contributed by atoms with Gasteiger partial charge in [0, 0.05) is 30.0 Å². The fourth-order valence-corrected chi connectivity index (χ4v) is 3.90. The van der Waals surface area contributed by atoms with Crippen LogP contribution in [0.2, 0.25) is 0 Å². The normalized spacial score (nSPS) is 12.7. The lowest BCUT2D eigenvalue weighted by Crippen LogP contribution is -2.28. The Labute approximate surface area is 182 Å². The molecular weight excluding hydrogens is 388 g/mol. The minimum Gasteiger partial charge on any atom is -0.462 e. The first-order valence-electron chi connectivity index (χ1n) is 10.6. The lowest BCUT2D eigenvalue weighted by atomic mass is 10.0. The number of hydrogen-bond acceptors (Lipinski definition) is 4. The lowest BCUT2D eigenvalue weighted by molar-refractivity contribution is 0.0526. The summed E-state index contributed by atoms with van der Waals surface area (Å²) >= 11 is 0. The molecule has 31 heavy (non-hydrogen) atoms. The average molecular weight is 415 g/mol. The van der Waals surface area contributed by atoms with E-state index < -0.39 is 5.97 Å². The van der Waals surface area contributed by atoms with E-state index in [1.807, 2.05) is 24.3 Å². The Morgan fingerprint density at radius 1 is 0.968 bits per heavy atom. The number of benzene rings is 3. The fourth-order valence-electron chi connectivity index (χ4n) is 3.90. The first-order valence-corrected chi connectivity index (χ1v) is 10.6. The van der Waals surface area contributed by atoms with Gasteiger partial charge in [-0.1, -0.05) is 36.4 Å². The third-order valence-electron chi connectivity index (χ3n) is 5.43. The zero-order chi connectivity index (χ0) is 21.6. The van der Waals surface area contributed by atoms with Gasteiger partial charge in [-0.25, -0.2) is 4.79 Å². The van der Waals surface area contributed by atoms with E-state index in [9.17, 15) is 9.59 Å². The van der Waals surface area contributed by atoms with Crippen LogP contribution >= 0.6 is 0 Å². The second-order valence-corrected chi connectivity index (χ2v) is 7.61. The van der Waals surface area contributed by atoms with Crippen molar-refractivity contribution in [3.63, 3.8) is 0 Å². The summed E-state index contributed by atoms with van der Waals surface area (Å²) in [7, 11) is 0. The van der Waals surface area contributed by atoms with Crippen LogP contribution in [0.25, 0.3) is 0 Å². The standard InChI is InChI=1S/C26H26N2O3/c1-2-31-26(30)22-8-5-10-23(17-22)27-25(29)21-14-12-19(13-15-21)18-28-16-6-9-20-7-3-4-11-24(20)28/h3-5,7-8,10-15,17H,2,6,9,16,18H2,1H3,(H,27,29). The van der Waals surface area contributed by atoms with Crippen LogP contribution in [-0.2, 0) is 17.7 Å². The van der Waals surface area contributed by atoms with Gasteiger partial charge in [-0.3, -0.25) is 4.79 Å². The van der Waals surface area contributed by atoms with Gasteiger partial charge in [0.25, 0.3) is 5.91 Å². The average Bonchev–Trinajstić information content (AvgIpc) is 2.80. The number of fused-ring (bicyclic) bond motifs is 1. The number of carbonyl (C=O) groups is 2. The Hall–Kier alpha value is -3.60. The van der Waals surface area contributed by atoms with Crippen LogP contribution in [-0.4, -0.2) is 25.0 Å². The molecule has 1 heterocycles. The van der Waals surface area contributed by atoms with Crippen molar-refractivity contribution in [2.75, 3.05) is 23.4 Å². The largest absolute Gasteiger partial charge is 0.462 e. The predicted molar refractivity (Wildman–Crippen MR) is 123 cm³/mol. The molecule has 158 valence electrons. The van der Waals surface area contributed by atoms with E-state index in [2.05, 4.69) is 34.5 Å². The van der Waals surface area contributed by atoms with Crippen LogP contribution in [0.1, 0.15) is 45.2 Å². The molecule has 0 unspecified atom stereocenters. The molecular formula is C26H26N2O3. The van der Waals surface area contributed by atoms with Crippen molar-refractivity contribution in [1.29, 1.82) is 0 Å². The summed E-state index contributed by atoms with van der Waals surface area (Å²) in [5, 5.41) is 2.85. The summed E-state index contributed by atoms with van der Waals surface area (Å²) < 4.78 is 5.01. The second-order valence-electron chi connectivity index (χ2n) is 7.61. The molecule has 0 saturated heterocycles. The zero-order valence-electron chi connectivity index (χ0n) is 17.6. The maximum absolute atomic E-state index is 12.6. The Kier molecular flexibility index (Phi) is 6.32. The highest BCUT2D eigenvalue weighted by Gasteiger charge is 2.16. The van der Waals surface area contributed by atoms with Crippen molar-refractivity contribution in [3.05, 3.63) is 95.1 Å². The van der Waals surface area contributed by atoms with Crippen molar-refractivity contribution < 1.29 is 14.3 Å². The van der Waals surface area contributed by atoms with E-state index in [0.29, 0.717) is 23.4 Å². The minimum atomic E-state index is -0.401. The minimum absolute atomic E-state index is 0.212. The number of amides is 1. The molecule has 5 nitrogen and oxygen atoms in total. The second kappa shape index (κ2) is 9.47. The molecule has 0 aliphatic carbocycles. The summed E-state index contributed by atoms with van der Waals surface area (Å²) in [5.41, 5.74) is 5.41. The molecule has 1 aliphatic heterocycles. The van der Waals surface area contributed by atoms with Crippen molar-refractivity contribution >= 4 is 23.3 Å². The number of esters is 1. The van der Waals surface area contributed by atoms with Crippen LogP contribution < -0.4 is 10.2 Å². The van der Waals surface area contributed by atoms with Crippen LogP contribution in [0.15, 0.2) is 72.8 Å². The highest BCUT2D eigenvalue weighted by atomic mass is 16.5. The van der Waals surface area contributed by atoms with Gasteiger partial charge in [0.15, 0.2) is 0 Å². The van der Waals surface area contributed by atoms with E-state index in [4.69, 9.17) is 4.74 Å². The molecule has 0 aromatic heterocycles. The number of para-hydroxylation sites is 1. The Morgan fingerprint density at radius 2 is 1.77 bits per heavy atom. The first-order chi connectivity index (χ1) is 15.1. The highest BCUT2D eigenvalue weighted by Crippen LogP contribution is 2.28. The summed E-state index contributed by atoms with van der Waals surface area (Å²) in [4.78, 5) is 26.9. The van der Waals surface area contributed by atoms with E-state index in [-0.39, 0.29) is 5.91 Å². The summed E-state index contributed by atoms with van der Waals surface area (Å²) in [5.74, 6) is -0.613. The summed E-state index contributed by atoms with van der Waals surface area (Å²) in [6.45, 7) is 3.93. The topological polar surface area (TPSA) is 58.6 Å². The number of nitrogens with one attached hydrogen (secondary N) is 1. The monoisotopic (exact) mass is 414 g/mol. The summed E-state index contributed by atoms with van der Waals surface area (Å²) in [6, 6.07) is 23.0. The molecule has 0 atom stereocenters. The van der Waals surface area contributed by atoms with Gasteiger partial charge in [0.1, 0.15) is 0 Å². The van der Waals surface area contributed by atoms with E-state index in [1.165, 1.54) is 11.3 Å². The third kappa shape index (κ3) is 4.94. The summed E-state index contributed by atoms with van der Waals surface area (Å²) in [6.07, 6.45) is 2.28. The Balaban J connectivity index is 1.41. The Bertz CT molecular complexity index is 1080. The molecule has 0 fully saturated rings. The van der Waals surface area contributed by atoms with Gasteiger partial charge < -0.3 is 15.0 Å². The molecule has 3 aromatic carbocycles. The zero-order valence-corrected chi connectivity index (χ0v) is 17.6. The van der Waals surface area contributed by atoms with Gasteiger partial charge in [0.2, 0.25) is 0 Å². The molecule has 0 saturated carbocycles. The number of rotatable bonds is 6. The van der Waals surface area contributed by atoms with Crippen LogP contribution in [0.4, 0.5) is 11.4 Å². The Morgan fingerprint density at radius 3 is 2.58 bits per heavy atom. The van der Waals surface area contributed by atoms with Crippen LogP contribution in [0, 0.1) is 0 Å². The van der Waals surface area contributed by atoms with Gasteiger partial charge in [-0.15, -0.1) is 0 Å². The molecule has 1 N–H and O–H groups in total. The molecule has 0 bridgehead atoms. The fraction of sp³-hybridized carbons (Fsp3) is 0.231. The number of carbonyl (C=O) groups excluding carboxylic acids is 2. The quantitative estimate of drug-likeness (QED) is 0.572. The smallest absolute Gasteiger partial charge is 0.338 e. The molecule has 5 heteroatoms. The van der Waals surface area contributed by atoms with Crippen LogP contribution in [0.3, 0.4) is 0 Å². The van der Waals surface area contributed by atoms with E-state index >= 15 is 0 Å². The van der Waals surface area contributed by atoms with Crippen molar-refractivity contribution in [1.82, 2.24) is 0 Å². The van der Waals surface area contributed by atoms with E-state index in [1.54, 1.807) is 31.2 Å².